The van der Waals surface area contributed by atoms with Crippen molar-refractivity contribution in [1.29, 1.82) is 0 Å². The Morgan fingerprint density at radius 3 is 2.21 bits per heavy atom. The van der Waals surface area contributed by atoms with Gasteiger partial charge in [-0.3, -0.25) is 0 Å². The van der Waals surface area contributed by atoms with Crippen molar-refractivity contribution in [2.24, 2.45) is 17.8 Å². The standard InChI is InChI=1S/C14H24N2O2S/c1-10(2)14(11(3)4)9-16-19(17,18)13-7-5-6-12(15)8-13/h5-8,10-11,14,16H,9,15H2,1-4H3. The normalized spacial score (nSPS) is 12.6. The molecule has 0 amide bonds. The fourth-order valence-electron chi connectivity index (χ4n) is 2.21. The maximum atomic E-state index is 12.2. The summed E-state index contributed by atoms with van der Waals surface area (Å²) in [5.74, 6) is 1.18. The first-order chi connectivity index (χ1) is 8.74. The van der Waals surface area contributed by atoms with Gasteiger partial charge in [-0.05, 0) is 36.0 Å². The van der Waals surface area contributed by atoms with Crippen molar-refractivity contribution < 1.29 is 8.42 Å². The number of nitrogens with two attached hydrogens (primary N) is 1. The van der Waals surface area contributed by atoms with Gasteiger partial charge in [-0.15, -0.1) is 0 Å². The Balaban J connectivity index is 2.81. The molecule has 0 radical (unpaired) electrons. The Labute approximate surface area is 116 Å². The van der Waals surface area contributed by atoms with E-state index in [9.17, 15) is 8.42 Å². The Kier molecular flexibility index (Phi) is 5.38. The van der Waals surface area contributed by atoms with Crippen LogP contribution < -0.4 is 10.5 Å². The van der Waals surface area contributed by atoms with Crippen molar-refractivity contribution in [3.8, 4) is 0 Å². The molecule has 0 saturated heterocycles. The van der Waals surface area contributed by atoms with Crippen molar-refractivity contribution in [2.45, 2.75) is 32.6 Å². The van der Waals surface area contributed by atoms with Crippen LogP contribution >= 0.6 is 0 Å². The van der Waals surface area contributed by atoms with Crippen LogP contribution in [0.25, 0.3) is 0 Å². The molecule has 4 nitrogen and oxygen atoms in total. The summed E-state index contributed by atoms with van der Waals surface area (Å²) in [6.45, 7) is 8.89. The summed E-state index contributed by atoms with van der Waals surface area (Å²) in [6, 6.07) is 6.34. The molecular formula is C14H24N2O2S. The van der Waals surface area contributed by atoms with E-state index in [1.165, 1.54) is 6.07 Å². The van der Waals surface area contributed by atoms with E-state index in [0.29, 0.717) is 30.0 Å². The highest BCUT2D eigenvalue weighted by molar-refractivity contribution is 7.89. The number of hydrogen-bond acceptors (Lipinski definition) is 3. The molecule has 0 aliphatic heterocycles. The molecule has 0 heterocycles. The number of nitrogens with one attached hydrogen (secondary N) is 1. The molecule has 0 atom stereocenters. The SMILES string of the molecule is CC(C)C(CNS(=O)(=O)c1cccc(N)c1)C(C)C. The second kappa shape index (κ2) is 6.39. The molecule has 3 N–H and O–H groups in total. The lowest BCUT2D eigenvalue weighted by Gasteiger charge is -2.25. The lowest BCUT2D eigenvalue weighted by atomic mass is 9.86. The van der Waals surface area contributed by atoms with Gasteiger partial charge in [-0.25, -0.2) is 13.1 Å². The summed E-state index contributed by atoms with van der Waals surface area (Å²) in [6.07, 6.45) is 0. The molecule has 0 aliphatic carbocycles. The number of nitrogen functional groups attached to an aromatic ring is 1. The van der Waals surface area contributed by atoms with Crippen LogP contribution in [0.3, 0.4) is 0 Å². The second-order valence-electron chi connectivity index (χ2n) is 5.58. The second-order valence-corrected chi connectivity index (χ2v) is 7.34. The smallest absolute Gasteiger partial charge is 0.240 e. The van der Waals surface area contributed by atoms with Gasteiger partial charge in [0, 0.05) is 12.2 Å². The number of sulfonamides is 1. The first kappa shape index (κ1) is 16.0. The molecule has 0 saturated carbocycles. The lowest BCUT2D eigenvalue weighted by molar-refractivity contribution is 0.289. The van der Waals surface area contributed by atoms with Crippen LogP contribution in [0, 0.1) is 17.8 Å². The number of rotatable bonds is 6. The van der Waals surface area contributed by atoms with Crippen molar-refractivity contribution >= 4 is 15.7 Å². The molecule has 0 spiro atoms. The summed E-state index contributed by atoms with van der Waals surface area (Å²) in [5, 5.41) is 0. The first-order valence-corrected chi connectivity index (χ1v) is 8.07. The van der Waals surface area contributed by atoms with Crippen molar-refractivity contribution in [3.63, 3.8) is 0 Å². The molecule has 1 rings (SSSR count). The van der Waals surface area contributed by atoms with Gasteiger partial charge in [0.15, 0.2) is 0 Å². The molecule has 108 valence electrons. The minimum Gasteiger partial charge on any atom is -0.399 e. The van der Waals surface area contributed by atoms with Crippen LogP contribution in [0.2, 0.25) is 0 Å². The largest absolute Gasteiger partial charge is 0.399 e. The zero-order valence-electron chi connectivity index (χ0n) is 12.1. The number of anilines is 1. The summed E-state index contributed by atoms with van der Waals surface area (Å²) in [7, 11) is -3.47. The highest BCUT2D eigenvalue weighted by atomic mass is 32.2. The zero-order chi connectivity index (χ0) is 14.6. The quantitative estimate of drug-likeness (QED) is 0.788. The molecule has 0 unspecified atom stereocenters. The summed E-state index contributed by atoms with van der Waals surface area (Å²) < 4.78 is 27.0. The van der Waals surface area contributed by atoms with Gasteiger partial charge in [-0.1, -0.05) is 33.8 Å². The molecule has 0 aromatic heterocycles. The van der Waals surface area contributed by atoms with Crippen LogP contribution in [0.15, 0.2) is 29.2 Å². The third-order valence-electron chi connectivity index (χ3n) is 3.39. The van der Waals surface area contributed by atoms with E-state index < -0.39 is 10.0 Å². The van der Waals surface area contributed by atoms with Gasteiger partial charge < -0.3 is 5.73 Å². The van der Waals surface area contributed by atoms with E-state index in [1.54, 1.807) is 18.2 Å². The number of hydrogen-bond donors (Lipinski definition) is 2. The third kappa shape index (κ3) is 4.51. The summed E-state index contributed by atoms with van der Waals surface area (Å²) in [5.41, 5.74) is 6.07. The predicted octanol–water partition coefficient (Wildman–Crippen LogP) is 2.48. The van der Waals surface area contributed by atoms with E-state index >= 15 is 0 Å². The van der Waals surface area contributed by atoms with Crippen LogP contribution in [0.4, 0.5) is 5.69 Å². The van der Waals surface area contributed by atoms with E-state index in [-0.39, 0.29) is 4.90 Å². The Morgan fingerprint density at radius 2 is 1.74 bits per heavy atom. The van der Waals surface area contributed by atoms with Gasteiger partial charge in [0.2, 0.25) is 10.0 Å². The minimum atomic E-state index is -3.47. The monoisotopic (exact) mass is 284 g/mol. The van der Waals surface area contributed by atoms with Crippen molar-refractivity contribution in [1.82, 2.24) is 4.72 Å². The average Bonchev–Trinajstić information content (AvgIpc) is 2.28. The third-order valence-corrected chi connectivity index (χ3v) is 4.81. The lowest BCUT2D eigenvalue weighted by Crippen LogP contribution is -2.34. The molecule has 0 bridgehead atoms. The number of benzene rings is 1. The van der Waals surface area contributed by atoms with E-state index in [1.807, 2.05) is 0 Å². The minimum absolute atomic E-state index is 0.221. The van der Waals surface area contributed by atoms with E-state index in [0.717, 1.165) is 0 Å². The maximum Gasteiger partial charge on any atom is 0.240 e. The molecule has 0 fully saturated rings. The van der Waals surface area contributed by atoms with Gasteiger partial charge in [0.05, 0.1) is 4.90 Å². The van der Waals surface area contributed by atoms with E-state index in [2.05, 4.69) is 32.4 Å². The average molecular weight is 284 g/mol. The summed E-state index contributed by atoms with van der Waals surface area (Å²) >= 11 is 0. The molecule has 5 heteroatoms. The van der Waals surface area contributed by atoms with E-state index in [4.69, 9.17) is 5.73 Å². The molecular weight excluding hydrogens is 260 g/mol. The first-order valence-electron chi connectivity index (χ1n) is 6.59. The zero-order valence-corrected chi connectivity index (χ0v) is 12.9. The highest BCUT2D eigenvalue weighted by Crippen LogP contribution is 2.20. The molecule has 0 aliphatic rings. The Morgan fingerprint density at radius 1 is 1.16 bits per heavy atom. The molecule has 19 heavy (non-hydrogen) atoms. The Bertz CT molecular complexity index is 502. The molecule has 1 aromatic carbocycles. The fourth-order valence-corrected chi connectivity index (χ4v) is 3.34. The van der Waals surface area contributed by atoms with Crippen LogP contribution in [0.1, 0.15) is 27.7 Å². The topological polar surface area (TPSA) is 72.2 Å². The van der Waals surface area contributed by atoms with Gasteiger partial charge in [0.1, 0.15) is 0 Å². The van der Waals surface area contributed by atoms with Crippen molar-refractivity contribution in [2.75, 3.05) is 12.3 Å². The summed E-state index contributed by atoms with van der Waals surface area (Å²) in [4.78, 5) is 0.221. The maximum absolute atomic E-state index is 12.2. The van der Waals surface area contributed by atoms with Gasteiger partial charge in [-0.2, -0.15) is 0 Å². The molecule has 1 aromatic rings. The fraction of sp³-hybridized carbons (Fsp3) is 0.571. The van der Waals surface area contributed by atoms with Gasteiger partial charge >= 0.3 is 0 Å². The van der Waals surface area contributed by atoms with Crippen LogP contribution in [-0.4, -0.2) is 15.0 Å². The highest BCUT2D eigenvalue weighted by Gasteiger charge is 2.21. The predicted molar refractivity (Wildman–Crippen MR) is 79.2 cm³/mol. The van der Waals surface area contributed by atoms with Gasteiger partial charge in [0.25, 0.3) is 0 Å². The van der Waals surface area contributed by atoms with Crippen LogP contribution in [0.5, 0.6) is 0 Å². The Hall–Kier alpha value is -1.07. The van der Waals surface area contributed by atoms with Crippen LogP contribution in [-0.2, 0) is 10.0 Å². The van der Waals surface area contributed by atoms with Crippen molar-refractivity contribution in [3.05, 3.63) is 24.3 Å².